The second-order valence-corrected chi connectivity index (χ2v) is 9.61. The molecule has 3 aromatic rings. The Labute approximate surface area is 227 Å². The van der Waals surface area contributed by atoms with Crippen molar-refractivity contribution in [3.63, 3.8) is 0 Å². The number of hydrogen-bond donors (Lipinski definition) is 1. The fourth-order valence-corrected chi connectivity index (χ4v) is 5.09. The molecule has 1 heterocycles. The van der Waals surface area contributed by atoms with Crippen LogP contribution in [-0.2, 0) is 11.3 Å². The fraction of sp³-hybridized carbons (Fsp3) is 0.379. The van der Waals surface area contributed by atoms with Gasteiger partial charge in [0.05, 0.1) is 27.6 Å². The molecule has 1 fully saturated rings. The third-order valence-corrected chi connectivity index (χ3v) is 7.17. The molecule has 2 aromatic carbocycles. The molecule has 9 heteroatoms. The number of halogens is 1. The maximum Gasteiger partial charge on any atom is 0.290 e. The Kier molecular flexibility index (Phi) is 9.18. The molecular formula is C29H33ClN2O6. The topological polar surface area (TPSA) is 90.2 Å². The highest BCUT2D eigenvalue weighted by Gasteiger charge is 2.36. The molecule has 202 valence electrons. The van der Waals surface area contributed by atoms with E-state index in [0.29, 0.717) is 33.4 Å². The Morgan fingerprint density at radius 3 is 2.26 bits per heavy atom. The third-order valence-electron chi connectivity index (χ3n) is 6.81. The van der Waals surface area contributed by atoms with Crippen LogP contribution in [0.25, 0.3) is 0 Å². The minimum absolute atomic E-state index is 0.0293. The number of hydrogen-bond acceptors (Lipinski definition) is 6. The van der Waals surface area contributed by atoms with Crippen LogP contribution < -0.4 is 19.5 Å². The molecule has 38 heavy (non-hydrogen) atoms. The standard InChI is InChI=1S/C29H33ClN2O6/c1-35-24-16-20(17-25(36-2)27(24)37-3)26(28(33)31-21-11-5-4-6-12-21)32(29(34)23-14-9-15-38-23)18-19-10-7-8-13-22(19)30/h7-10,13-17,21,26H,4-6,11-12,18H2,1-3H3,(H,31,33). The molecule has 1 N–H and O–H groups in total. The summed E-state index contributed by atoms with van der Waals surface area (Å²) in [6, 6.07) is 12.8. The Morgan fingerprint density at radius 1 is 1.00 bits per heavy atom. The summed E-state index contributed by atoms with van der Waals surface area (Å²) in [7, 11) is 4.53. The first-order chi connectivity index (χ1) is 18.5. The van der Waals surface area contributed by atoms with Crippen molar-refractivity contribution in [3.8, 4) is 17.2 Å². The highest BCUT2D eigenvalue weighted by molar-refractivity contribution is 6.31. The van der Waals surface area contributed by atoms with Crippen molar-refractivity contribution < 1.29 is 28.2 Å². The highest BCUT2D eigenvalue weighted by atomic mass is 35.5. The van der Waals surface area contributed by atoms with Gasteiger partial charge in [0, 0.05) is 17.6 Å². The molecule has 1 aliphatic carbocycles. The Balaban J connectivity index is 1.85. The number of ether oxygens (including phenoxy) is 3. The molecule has 1 unspecified atom stereocenters. The van der Waals surface area contributed by atoms with Crippen LogP contribution in [0.1, 0.15) is 59.8 Å². The minimum Gasteiger partial charge on any atom is -0.493 e. The lowest BCUT2D eigenvalue weighted by atomic mass is 9.94. The zero-order valence-corrected chi connectivity index (χ0v) is 22.6. The van der Waals surface area contributed by atoms with Gasteiger partial charge in [-0.05, 0) is 54.3 Å². The number of nitrogens with zero attached hydrogens (tertiary/aromatic N) is 1. The first-order valence-corrected chi connectivity index (χ1v) is 13.0. The van der Waals surface area contributed by atoms with Crippen molar-refractivity contribution in [2.24, 2.45) is 0 Å². The van der Waals surface area contributed by atoms with Crippen molar-refractivity contribution in [1.82, 2.24) is 10.2 Å². The molecule has 2 amide bonds. The van der Waals surface area contributed by atoms with Crippen molar-refractivity contribution in [2.45, 2.75) is 50.7 Å². The van der Waals surface area contributed by atoms with Gasteiger partial charge in [-0.3, -0.25) is 9.59 Å². The van der Waals surface area contributed by atoms with E-state index >= 15 is 0 Å². The predicted octanol–water partition coefficient (Wildman–Crippen LogP) is 5.79. The molecule has 0 radical (unpaired) electrons. The first kappa shape index (κ1) is 27.4. The summed E-state index contributed by atoms with van der Waals surface area (Å²) in [5.74, 6) is 0.492. The van der Waals surface area contributed by atoms with E-state index < -0.39 is 11.9 Å². The van der Waals surface area contributed by atoms with Crippen LogP contribution in [0.5, 0.6) is 17.2 Å². The van der Waals surface area contributed by atoms with E-state index in [1.807, 2.05) is 18.2 Å². The average molecular weight is 541 g/mol. The number of carbonyl (C=O) groups is 2. The lowest BCUT2D eigenvalue weighted by Gasteiger charge is -2.33. The number of amides is 2. The molecule has 4 rings (SSSR count). The fourth-order valence-electron chi connectivity index (χ4n) is 4.89. The number of carbonyl (C=O) groups excluding carboxylic acids is 2. The van der Waals surface area contributed by atoms with E-state index in [4.69, 9.17) is 30.2 Å². The highest BCUT2D eigenvalue weighted by Crippen LogP contribution is 2.41. The van der Waals surface area contributed by atoms with E-state index in [1.165, 1.54) is 32.5 Å². The first-order valence-electron chi connectivity index (χ1n) is 12.6. The van der Waals surface area contributed by atoms with E-state index in [2.05, 4.69) is 5.32 Å². The third kappa shape index (κ3) is 6.07. The number of nitrogens with one attached hydrogen (secondary N) is 1. The number of furan rings is 1. The molecule has 1 saturated carbocycles. The summed E-state index contributed by atoms with van der Waals surface area (Å²) in [6.07, 6.45) is 6.47. The second kappa shape index (κ2) is 12.7. The van der Waals surface area contributed by atoms with E-state index in [9.17, 15) is 9.59 Å². The van der Waals surface area contributed by atoms with Gasteiger partial charge in [-0.1, -0.05) is 49.1 Å². The number of rotatable bonds is 10. The maximum atomic E-state index is 14.1. The van der Waals surface area contributed by atoms with Crippen LogP contribution in [0.2, 0.25) is 5.02 Å². The van der Waals surface area contributed by atoms with Crippen molar-refractivity contribution in [2.75, 3.05) is 21.3 Å². The largest absolute Gasteiger partial charge is 0.493 e. The maximum absolute atomic E-state index is 14.1. The predicted molar refractivity (Wildman–Crippen MR) is 144 cm³/mol. The van der Waals surface area contributed by atoms with Crippen LogP contribution in [0.4, 0.5) is 0 Å². The molecule has 0 saturated heterocycles. The summed E-state index contributed by atoms with van der Waals surface area (Å²) in [6.45, 7) is 0.0681. The van der Waals surface area contributed by atoms with Gasteiger partial charge in [-0.2, -0.15) is 0 Å². The zero-order chi connectivity index (χ0) is 27.1. The summed E-state index contributed by atoms with van der Waals surface area (Å²) in [5.41, 5.74) is 1.19. The lowest BCUT2D eigenvalue weighted by Crippen LogP contribution is -2.46. The van der Waals surface area contributed by atoms with Crippen LogP contribution in [0, 0.1) is 0 Å². The van der Waals surface area contributed by atoms with Crippen LogP contribution in [0.15, 0.2) is 59.2 Å². The molecular weight excluding hydrogens is 508 g/mol. The van der Waals surface area contributed by atoms with E-state index in [1.54, 1.807) is 30.3 Å². The molecule has 0 spiro atoms. The van der Waals surface area contributed by atoms with Gasteiger partial charge in [0.1, 0.15) is 6.04 Å². The van der Waals surface area contributed by atoms with Gasteiger partial charge < -0.3 is 28.8 Å². The lowest BCUT2D eigenvalue weighted by molar-refractivity contribution is -0.127. The molecule has 1 aromatic heterocycles. The van der Waals surface area contributed by atoms with Crippen LogP contribution in [-0.4, -0.2) is 44.1 Å². The quantitative estimate of drug-likeness (QED) is 0.350. The van der Waals surface area contributed by atoms with Gasteiger partial charge >= 0.3 is 0 Å². The summed E-state index contributed by atoms with van der Waals surface area (Å²) < 4.78 is 22.1. The SMILES string of the molecule is COc1cc(C(C(=O)NC2CCCCC2)N(Cc2ccccc2Cl)C(=O)c2ccco2)cc(OC)c1OC. The summed E-state index contributed by atoms with van der Waals surface area (Å²) in [5, 5.41) is 3.68. The number of benzene rings is 2. The number of methoxy groups -OCH3 is 3. The van der Waals surface area contributed by atoms with Gasteiger partial charge in [0.15, 0.2) is 17.3 Å². The van der Waals surface area contributed by atoms with Crippen molar-refractivity contribution in [1.29, 1.82) is 0 Å². The molecule has 1 aliphatic rings. The van der Waals surface area contributed by atoms with Gasteiger partial charge in [-0.15, -0.1) is 0 Å². The Bertz CT molecular complexity index is 1210. The van der Waals surface area contributed by atoms with E-state index in [-0.39, 0.29) is 24.3 Å². The molecule has 1 atom stereocenters. The normalized spacial score (nSPS) is 14.4. The minimum atomic E-state index is -1.04. The van der Waals surface area contributed by atoms with Gasteiger partial charge in [-0.25, -0.2) is 0 Å². The van der Waals surface area contributed by atoms with Crippen molar-refractivity contribution in [3.05, 3.63) is 76.7 Å². The van der Waals surface area contributed by atoms with Crippen molar-refractivity contribution >= 4 is 23.4 Å². The zero-order valence-electron chi connectivity index (χ0n) is 21.9. The molecule has 0 aliphatic heterocycles. The smallest absolute Gasteiger partial charge is 0.290 e. The van der Waals surface area contributed by atoms with Gasteiger partial charge in [0.25, 0.3) is 5.91 Å². The van der Waals surface area contributed by atoms with E-state index in [0.717, 1.165) is 32.1 Å². The summed E-state index contributed by atoms with van der Waals surface area (Å²) in [4.78, 5) is 29.4. The molecule has 0 bridgehead atoms. The van der Waals surface area contributed by atoms with Crippen LogP contribution in [0.3, 0.4) is 0 Å². The molecule has 8 nitrogen and oxygen atoms in total. The van der Waals surface area contributed by atoms with Crippen LogP contribution >= 0.6 is 11.6 Å². The van der Waals surface area contributed by atoms with Gasteiger partial charge in [0.2, 0.25) is 11.7 Å². The second-order valence-electron chi connectivity index (χ2n) is 9.21. The summed E-state index contributed by atoms with van der Waals surface area (Å²) >= 11 is 6.50. The Hall–Kier alpha value is -3.65. The monoisotopic (exact) mass is 540 g/mol. The Morgan fingerprint density at radius 2 is 1.68 bits per heavy atom. The average Bonchev–Trinajstić information content (AvgIpc) is 3.48.